The fraction of sp³-hybridized carbons (Fsp3) is 0.238. The third-order valence-corrected chi connectivity index (χ3v) is 5.30. The van der Waals surface area contributed by atoms with Crippen molar-refractivity contribution in [2.24, 2.45) is 0 Å². The first-order valence-electron chi connectivity index (χ1n) is 8.36. The number of aromatic nitrogens is 1. The fourth-order valence-corrected chi connectivity index (χ4v) is 3.81. The number of carbonyl (C=O) groups is 1. The molecule has 3 nitrogen and oxygen atoms in total. The number of fused-ring (bicyclic) bond motifs is 1. The molecule has 0 atom stereocenters. The quantitative estimate of drug-likeness (QED) is 0.605. The Labute approximate surface area is 152 Å². The highest BCUT2D eigenvalue weighted by atomic mass is 32.1. The average Bonchev–Trinajstić information content (AvgIpc) is 3.11. The standard InChI is InChI=1S/C21H22N2OS/c1-4-11-23(14-17-8-7-12-25-17)21(24)13-19-15(2)18-9-5-6-10-20(18)22-16(19)3/h4-10,12H,1,11,13-14H2,2-3H3. The van der Waals surface area contributed by atoms with E-state index in [1.54, 1.807) is 17.4 Å². The van der Waals surface area contributed by atoms with E-state index in [9.17, 15) is 4.79 Å². The summed E-state index contributed by atoms with van der Waals surface area (Å²) >= 11 is 1.67. The molecule has 1 aromatic carbocycles. The van der Waals surface area contributed by atoms with E-state index >= 15 is 0 Å². The van der Waals surface area contributed by atoms with Gasteiger partial charge in [0.1, 0.15) is 0 Å². The summed E-state index contributed by atoms with van der Waals surface area (Å²) < 4.78 is 0. The Morgan fingerprint density at radius 1 is 1.24 bits per heavy atom. The molecular weight excluding hydrogens is 328 g/mol. The number of carbonyl (C=O) groups excluding carboxylic acids is 1. The Kier molecular flexibility index (Phi) is 5.29. The van der Waals surface area contributed by atoms with Gasteiger partial charge in [0.15, 0.2) is 0 Å². The smallest absolute Gasteiger partial charge is 0.227 e. The van der Waals surface area contributed by atoms with Gasteiger partial charge in [-0.2, -0.15) is 0 Å². The van der Waals surface area contributed by atoms with Gasteiger partial charge in [-0.25, -0.2) is 0 Å². The monoisotopic (exact) mass is 350 g/mol. The van der Waals surface area contributed by atoms with Gasteiger partial charge in [0, 0.05) is 22.5 Å². The third-order valence-electron chi connectivity index (χ3n) is 4.44. The van der Waals surface area contributed by atoms with Crippen LogP contribution in [-0.2, 0) is 17.8 Å². The molecule has 0 N–H and O–H groups in total. The summed E-state index contributed by atoms with van der Waals surface area (Å²) in [5.41, 5.74) is 4.09. The molecular formula is C21H22N2OS. The van der Waals surface area contributed by atoms with Gasteiger partial charge < -0.3 is 4.90 Å². The maximum atomic E-state index is 12.9. The Bertz CT molecular complexity index is 900. The molecule has 0 spiro atoms. The van der Waals surface area contributed by atoms with E-state index in [-0.39, 0.29) is 5.91 Å². The second-order valence-corrected chi connectivity index (χ2v) is 7.17. The van der Waals surface area contributed by atoms with E-state index in [2.05, 4.69) is 30.6 Å². The molecule has 0 saturated carbocycles. The van der Waals surface area contributed by atoms with E-state index in [0.717, 1.165) is 27.7 Å². The zero-order valence-electron chi connectivity index (χ0n) is 14.7. The molecule has 4 heteroatoms. The molecule has 1 amide bonds. The highest BCUT2D eigenvalue weighted by Gasteiger charge is 2.18. The van der Waals surface area contributed by atoms with E-state index < -0.39 is 0 Å². The van der Waals surface area contributed by atoms with Crippen molar-refractivity contribution < 1.29 is 4.79 Å². The van der Waals surface area contributed by atoms with E-state index in [4.69, 9.17) is 0 Å². The second kappa shape index (κ2) is 7.62. The normalized spacial score (nSPS) is 10.8. The number of para-hydroxylation sites is 1. The molecule has 0 unspecified atom stereocenters. The Morgan fingerprint density at radius 3 is 2.76 bits per heavy atom. The number of benzene rings is 1. The molecule has 2 heterocycles. The molecule has 0 radical (unpaired) electrons. The Balaban J connectivity index is 1.88. The highest BCUT2D eigenvalue weighted by molar-refractivity contribution is 7.09. The first kappa shape index (κ1) is 17.4. The molecule has 0 aliphatic heterocycles. The zero-order valence-corrected chi connectivity index (χ0v) is 15.5. The van der Waals surface area contributed by atoms with Crippen LogP contribution in [0.4, 0.5) is 0 Å². The molecule has 3 aromatic rings. The van der Waals surface area contributed by atoms with Gasteiger partial charge in [0.2, 0.25) is 5.91 Å². The van der Waals surface area contributed by atoms with E-state index in [0.29, 0.717) is 19.5 Å². The number of thiophene rings is 1. The third kappa shape index (κ3) is 3.80. The summed E-state index contributed by atoms with van der Waals surface area (Å²) in [5.74, 6) is 0.108. The van der Waals surface area contributed by atoms with Crippen molar-refractivity contribution in [1.82, 2.24) is 9.88 Å². The average molecular weight is 350 g/mol. The summed E-state index contributed by atoms with van der Waals surface area (Å²) in [6.45, 7) is 9.04. The number of aryl methyl sites for hydroxylation is 2. The number of hydrogen-bond acceptors (Lipinski definition) is 3. The van der Waals surface area contributed by atoms with Crippen molar-refractivity contribution in [2.75, 3.05) is 6.54 Å². The highest BCUT2D eigenvalue weighted by Crippen LogP contribution is 2.23. The van der Waals surface area contributed by atoms with Crippen LogP contribution in [0.5, 0.6) is 0 Å². The summed E-state index contributed by atoms with van der Waals surface area (Å²) in [6.07, 6.45) is 2.15. The number of nitrogens with zero attached hydrogens (tertiary/aromatic N) is 2. The van der Waals surface area contributed by atoms with Crippen LogP contribution in [0.1, 0.15) is 21.7 Å². The number of amides is 1. The van der Waals surface area contributed by atoms with Gasteiger partial charge in [-0.1, -0.05) is 30.3 Å². The molecule has 128 valence electrons. The van der Waals surface area contributed by atoms with Gasteiger partial charge in [0.05, 0.1) is 18.5 Å². The lowest BCUT2D eigenvalue weighted by molar-refractivity contribution is -0.130. The minimum Gasteiger partial charge on any atom is -0.334 e. The van der Waals surface area contributed by atoms with Crippen LogP contribution in [0.15, 0.2) is 54.4 Å². The van der Waals surface area contributed by atoms with Crippen molar-refractivity contribution in [2.45, 2.75) is 26.8 Å². The summed E-state index contributed by atoms with van der Waals surface area (Å²) in [4.78, 5) is 20.6. The van der Waals surface area contributed by atoms with Crippen LogP contribution in [0, 0.1) is 13.8 Å². The summed E-state index contributed by atoms with van der Waals surface area (Å²) in [7, 11) is 0. The van der Waals surface area contributed by atoms with Crippen molar-refractivity contribution in [1.29, 1.82) is 0 Å². The number of rotatable bonds is 6. The summed E-state index contributed by atoms with van der Waals surface area (Å²) in [5, 5.41) is 3.15. The molecule has 0 bridgehead atoms. The maximum Gasteiger partial charge on any atom is 0.227 e. The van der Waals surface area contributed by atoms with Crippen LogP contribution in [0.25, 0.3) is 10.9 Å². The van der Waals surface area contributed by atoms with Crippen molar-refractivity contribution in [3.63, 3.8) is 0 Å². The van der Waals surface area contributed by atoms with Gasteiger partial charge in [-0.3, -0.25) is 9.78 Å². The van der Waals surface area contributed by atoms with Crippen LogP contribution < -0.4 is 0 Å². The van der Waals surface area contributed by atoms with Gasteiger partial charge >= 0.3 is 0 Å². The fourth-order valence-electron chi connectivity index (χ4n) is 3.09. The molecule has 3 rings (SSSR count). The predicted octanol–water partition coefficient (Wildman–Crippen LogP) is 4.67. The van der Waals surface area contributed by atoms with Crippen LogP contribution in [0.2, 0.25) is 0 Å². The maximum absolute atomic E-state index is 12.9. The lowest BCUT2D eigenvalue weighted by Crippen LogP contribution is -2.32. The molecule has 0 saturated heterocycles. The van der Waals surface area contributed by atoms with Gasteiger partial charge in [-0.05, 0) is 42.5 Å². The predicted molar refractivity (Wildman–Crippen MR) is 105 cm³/mol. The molecule has 0 fully saturated rings. The van der Waals surface area contributed by atoms with Crippen molar-refractivity contribution in [3.05, 3.63) is 76.1 Å². The van der Waals surface area contributed by atoms with E-state index in [1.807, 2.05) is 41.5 Å². The zero-order chi connectivity index (χ0) is 17.8. The Morgan fingerprint density at radius 2 is 2.04 bits per heavy atom. The topological polar surface area (TPSA) is 33.2 Å². The Hall–Kier alpha value is -2.46. The summed E-state index contributed by atoms with van der Waals surface area (Å²) in [6, 6.07) is 12.2. The minimum absolute atomic E-state index is 0.108. The lowest BCUT2D eigenvalue weighted by Gasteiger charge is -2.22. The van der Waals surface area contributed by atoms with Gasteiger partial charge in [0.25, 0.3) is 0 Å². The second-order valence-electron chi connectivity index (χ2n) is 6.14. The SMILES string of the molecule is C=CCN(Cc1cccs1)C(=O)Cc1c(C)nc2ccccc2c1C. The van der Waals surface area contributed by atoms with Crippen molar-refractivity contribution >= 4 is 28.1 Å². The van der Waals surface area contributed by atoms with Crippen LogP contribution in [0.3, 0.4) is 0 Å². The van der Waals surface area contributed by atoms with Gasteiger partial charge in [-0.15, -0.1) is 17.9 Å². The van der Waals surface area contributed by atoms with Crippen molar-refractivity contribution in [3.8, 4) is 0 Å². The van der Waals surface area contributed by atoms with Crippen LogP contribution >= 0.6 is 11.3 Å². The number of pyridine rings is 1. The van der Waals surface area contributed by atoms with Crippen LogP contribution in [-0.4, -0.2) is 22.3 Å². The first-order valence-corrected chi connectivity index (χ1v) is 9.24. The minimum atomic E-state index is 0.108. The number of hydrogen-bond donors (Lipinski definition) is 0. The molecule has 25 heavy (non-hydrogen) atoms. The molecule has 2 aromatic heterocycles. The lowest BCUT2D eigenvalue weighted by atomic mass is 9.99. The molecule has 0 aliphatic carbocycles. The largest absolute Gasteiger partial charge is 0.334 e. The first-order chi connectivity index (χ1) is 12.1. The van der Waals surface area contributed by atoms with E-state index in [1.165, 1.54) is 4.88 Å². The molecule has 0 aliphatic rings.